The first-order valence-corrected chi connectivity index (χ1v) is 10.9. The zero-order valence-electron chi connectivity index (χ0n) is 16.6. The van der Waals surface area contributed by atoms with Crippen LogP contribution in [0.3, 0.4) is 0 Å². The van der Waals surface area contributed by atoms with Crippen molar-refractivity contribution >= 4 is 52.5 Å². The first-order chi connectivity index (χ1) is 15.6. The maximum Gasteiger partial charge on any atom is 0.266 e. The van der Waals surface area contributed by atoms with Crippen LogP contribution in [0.25, 0.3) is 22.7 Å². The van der Waals surface area contributed by atoms with Gasteiger partial charge in [0.15, 0.2) is 5.16 Å². The van der Waals surface area contributed by atoms with Gasteiger partial charge >= 0.3 is 0 Å². The molecule has 4 rings (SSSR count). The van der Waals surface area contributed by atoms with Crippen LogP contribution in [0.1, 0.15) is 5.76 Å². The van der Waals surface area contributed by atoms with Gasteiger partial charge in [-0.1, -0.05) is 35.5 Å². The van der Waals surface area contributed by atoms with Crippen LogP contribution in [-0.4, -0.2) is 27.4 Å². The number of aromatic nitrogens is 2. The number of para-hydroxylation sites is 1. The van der Waals surface area contributed by atoms with Crippen LogP contribution < -0.4 is 11.0 Å². The van der Waals surface area contributed by atoms with Gasteiger partial charge in [-0.2, -0.15) is 5.10 Å². The molecule has 0 fully saturated rings. The molecule has 1 amide bonds. The Morgan fingerprint density at radius 1 is 1.16 bits per heavy atom. The Morgan fingerprint density at radius 3 is 2.75 bits per heavy atom. The summed E-state index contributed by atoms with van der Waals surface area (Å²) >= 11 is 7.14. The summed E-state index contributed by atoms with van der Waals surface area (Å²) < 4.78 is 6.64. The fourth-order valence-corrected chi connectivity index (χ4v) is 3.80. The number of hydrogen-bond acceptors (Lipinski definition) is 6. The summed E-state index contributed by atoms with van der Waals surface area (Å²) in [5.74, 6) is 0.376. The van der Waals surface area contributed by atoms with Crippen molar-refractivity contribution in [2.45, 2.75) is 5.16 Å². The third kappa shape index (κ3) is 5.16. The highest BCUT2D eigenvalue weighted by molar-refractivity contribution is 7.99. The molecule has 2 heterocycles. The molecule has 0 aliphatic rings. The first-order valence-electron chi connectivity index (χ1n) is 9.54. The van der Waals surface area contributed by atoms with Crippen molar-refractivity contribution in [3.8, 4) is 5.69 Å². The van der Waals surface area contributed by atoms with Crippen LogP contribution in [-0.2, 0) is 4.79 Å². The summed E-state index contributed by atoms with van der Waals surface area (Å²) in [7, 11) is 0. The minimum atomic E-state index is -0.331. The number of allylic oxidation sites excluding steroid dienone is 1. The molecule has 0 saturated carbocycles. The molecular weight excluding hydrogens is 448 g/mol. The Bertz CT molecular complexity index is 1350. The van der Waals surface area contributed by atoms with Gasteiger partial charge in [0.05, 0.1) is 28.6 Å². The molecule has 0 aliphatic carbocycles. The molecule has 2 aromatic heterocycles. The van der Waals surface area contributed by atoms with E-state index < -0.39 is 0 Å². The number of amides is 1. The number of nitrogens with zero attached hydrogens (tertiary/aromatic N) is 3. The van der Waals surface area contributed by atoms with Crippen molar-refractivity contribution in [3.63, 3.8) is 0 Å². The standard InChI is InChI=1S/C23H17ClN4O3S/c24-16-9-11-17(12-10-16)28-22(30)19-7-1-2-8-20(19)26-23(28)32-15-21(29)27-25-13-3-5-18-6-4-14-31-18/h1-14H,15H2,(H,27,29). The molecule has 32 heavy (non-hydrogen) atoms. The highest BCUT2D eigenvalue weighted by Gasteiger charge is 2.14. The van der Waals surface area contributed by atoms with E-state index in [2.05, 4.69) is 15.5 Å². The molecule has 2 aromatic carbocycles. The van der Waals surface area contributed by atoms with Crippen molar-refractivity contribution in [3.05, 3.63) is 94.1 Å². The predicted molar refractivity (Wildman–Crippen MR) is 127 cm³/mol. The SMILES string of the molecule is O=C(CSc1nc2ccccc2c(=O)n1-c1ccc(Cl)cc1)NN=CC=Cc1ccco1. The molecule has 9 heteroatoms. The maximum atomic E-state index is 13.2. The zero-order valence-corrected chi connectivity index (χ0v) is 18.2. The zero-order chi connectivity index (χ0) is 22.3. The van der Waals surface area contributed by atoms with Crippen molar-refractivity contribution in [1.82, 2.24) is 15.0 Å². The molecule has 0 bridgehead atoms. The van der Waals surface area contributed by atoms with Gasteiger partial charge in [0.1, 0.15) is 5.76 Å². The van der Waals surface area contributed by atoms with Crippen LogP contribution in [0.2, 0.25) is 5.02 Å². The van der Waals surface area contributed by atoms with E-state index in [1.807, 2.05) is 6.07 Å². The molecule has 0 unspecified atom stereocenters. The monoisotopic (exact) mass is 464 g/mol. The summed E-state index contributed by atoms with van der Waals surface area (Å²) in [4.78, 5) is 30.0. The molecule has 160 valence electrons. The van der Waals surface area contributed by atoms with E-state index in [4.69, 9.17) is 16.0 Å². The summed E-state index contributed by atoms with van der Waals surface area (Å²) in [6.07, 6.45) is 6.38. The summed E-state index contributed by atoms with van der Waals surface area (Å²) in [5.41, 5.74) is 3.40. The number of halogens is 1. The van der Waals surface area contributed by atoms with Crippen LogP contribution in [0.15, 0.2) is 92.5 Å². The Labute approximate surface area is 192 Å². The van der Waals surface area contributed by atoms with Gasteiger partial charge in [0.25, 0.3) is 11.5 Å². The number of rotatable bonds is 7. The Kier molecular flexibility index (Phi) is 6.84. The van der Waals surface area contributed by atoms with Gasteiger partial charge in [-0.15, -0.1) is 0 Å². The second-order valence-electron chi connectivity index (χ2n) is 6.50. The van der Waals surface area contributed by atoms with Crippen molar-refractivity contribution < 1.29 is 9.21 Å². The second-order valence-corrected chi connectivity index (χ2v) is 7.88. The van der Waals surface area contributed by atoms with Gasteiger partial charge in [0, 0.05) is 11.2 Å². The van der Waals surface area contributed by atoms with E-state index in [1.165, 1.54) is 10.8 Å². The van der Waals surface area contributed by atoms with Crippen molar-refractivity contribution in [1.29, 1.82) is 0 Å². The topological polar surface area (TPSA) is 89.5 Å². The van der Waals surface area contributed by atoms with E-state index in [0.717, 1.165) is 11.8 Å². The second kappa shape index (κ2) is 10.1. The fourth-order valence-electron chi connectivity index (χ4n) is 2.87. The van der Waals surface area contributed by atoms with E-state index in [0.29, 0.717) is 32.5 Å². The fraction of sp³-hybridized carbons (Fsp3) is 0.0435. The minimum absolute atomic E-state index is 0.0254. The number of nitrogens with one attached hydrogen (secondary N) is 1. The lowest BCUT2D eigenvalue weighted by Crippen LogP contribution is -2.24. The lowest BCUT2D eigenvalue weighted by Gasteiger charge is -2.13. The van der Waals surface area contributed by atoms with Gasteiger partial charge < -0.3 is 4.42 Å². The molecule has 0 spiro atoms. The normalized spacial score (nSPS) is 11.5. The van der Waals surface area contributed by atoms with Crippen LogP contribution in [0.5, 0.6) is 0 Å². The summed E-state index contributed by atoms with van der Waals surface area (Å²) in [6.45, 7) is 0. The van der Waals surface area contributed by atoms with E-state index in [9.17, 15) is 9.59 Å². The molecule has 0 aliphatic heterocycles. The number of furan rings is 1. The lowest BCUT2D eigenvalue weighted by atomic mass is 10.2. The molecule has 0 radical (unpaired) electrons. The number of fused-ring (bicyclic) bond motifs is 1. The van der Waals surface area contributed by atoms with Crippen molar-refractivity contribution in [2.24, 2.45) is 5.10 Å². The maximum absolute atomic E-state index is 13.2. The van der Waals surface area contributed by atoms with E-state index in [-0.39, 0.29) is 17.2 Å². The average Bonchev–Trinajstić information content (AvgIpc) is 3.32. The van der Waals surface area contributed by atoms with Crippen LogP contribution in [0.4, 0.5) is 0 Å². The quantitative estimate of drug-likeness (QED) is 0.188. The Hall–Kier alpha value is -3.62. The number of carbonyl (C=O) groups excluding carboxylic acids is 1. The minimum Gasteiger partial charge on any atom is -0.465 e. The number of carbonyl (C=O) groups is 1. The molecule has 1 N–H and O–H groups in total. The first kappa shape index (κ1) is 21.6. The average molecular weight is 465 g/mol. The van der Waals surface area contributed by atoms with Gasteiger partial charge in [0.2, 0.25) is 0 Å². The van der Waals surface area contributed by atoms with E-state index >= 15 is 0 Å². The Balaban J connectivity index is 1.51. The van der Waals surface area contributed by atoms with E-state index in [1.54, 1.807) is 73.0 Å². The van der Waals surface area contributed by atoms with Crippen LogP contribution >= 0.6 is 23.4 Å². The predicted octanol–water partition coefficient (Wildman–Crippen LogP) is 4.54. The molecule has 7 nitrogen and oxygen atoms in total. The Morgan fingerprint density at radius 2 is 1.97 bits per heavy atom. The smallest absolute Gasteiger partial charge is 0.266 e. The third-order valence-electron chi connectivity index (χ3n) is 4.32. The molecule has 0 saturated heterocycles. The largest absolute Gasteiger partial charge is 0.465 e. The lowest BCUT2D eigenvalue weighted by molar-refractivity contribution is -0.118. The van der Waals surface area contributed by atoms with Crippen LogP contribution in [0, 0.1) is 0 Å². The molecular formula is C23H17ClN4O3S. The summed E-state index contributed by atoms with van der Waals surface area (Å²) in [5, 5.41) is 5.32. The highest BCUT2D eigenvalue weighted by Crippen LogP contribution is 2.22. The van der Waals surface area contributed by atoms with Gasteiger partial charge in [-0.05, 0) is 60.7 Å². The summed E-state index contributed by atoms with van der Waals surface area (Å²) in [6, 6.07) is 17.5. The number of hydrogen-bond donors (Lipinski definition) is 1. The molecule has 4 aromatic rings. The van der Waals surface area contributed by atoms with Gasteiger partial charge in [-0.3, -0.25) is 14.2 Å². The number of thioether (sulfide) groups is 1. The third-order valence-corrected chi connectivity index (χ3v) is 5.51. The molecule has 0 atom stereocenters. The number of hydrazone groups is 1. The van der Waals surface area contributed by atoms with Gasteiger partial charge in [-0.25, -0.2) is 10.4 Å². The highest BCUT2D eigenvalue weighted by atomic mass is 35.5. The van der Waals surface area contributed by atoms with Crippen molar-refractivity contribution in [2.75, 3.05) is 5.75 Å². The number of benzene rings is 2.